The molecule has 0 unspecified atom stereocenters. The van der Waals surface area contributed by atoms with E-state index < -0.39 is 5.41 Å². The van der Waals surface area contributed by atoms with Crippen molar-refractivity contribution in [3.63, 3.8) is 0 Å². The third kappa shape index (κ3) is 4.02. The Morgan fingerprint density at radius 3 is 2.12 bits per heavy atom. The van der Waals surface area contributed by atoms with Crippen LogP contribution >= 0.6 is 0 Å². The highest BCUT2D eigenvalue weighted by Gasteiger charge is 2.54. The molecule has 4 saturated carbocycles. The van der Waals surface area contributed by atoms with Crippen molar-refractivity contribution in [1.82, 2.24) is 5.32 Å². The molecule has 0 aromatic carbocycles. The lowest BCUT2D eigenvalue weighted by molar-refractivity contribution is -0.156. The smallest absolute Gasteiger partial charge is 0.311 e. The Morgan fingerprint density at radius 2 is 1.60 bits per heavy atom. The van der Waals surface area contributed by atoms with Gasteiger partial charge in [-0.1, -0.05) is 6.92 Å². The van der Waals surface area contributed by atoms with Crippen LogP contribution in [0, 0.1) is 28.6 Å². The predicted octanol–water partition coefficient (Wildman–Crippen LogP) is 3.27. The third-order valence-electron chi connectivity index (χ3n) is 6.75. The van der Waals surface area contributed by atoms with Gasteiger partial charge in [-0.25, -0.2) is 0 Å². The van der Waals surface area contributed by atoms with Crippen LogP contribution in [0.5, 0.6) is 0 Å². The van der Waals surface area contributed by atoms with Gasteiger partial charge in [0.05, 0.1) is 17.4 Å². The standard InChI is InChI=1S/C20H33NO4/c1-4-19(2,3)18(23)25-6-5-24-13-21-17(22)20-10-14-7-15(11-20)9-16(8-14)12-20/h14-16H,4-13H2,1-3H3,(H,21,22). The summed E-state index contributed by atoms with van der Waals surface area (Å²) in [6.45, 7) is 6.47. The second-order valence-electron chi connectivity index (χ2n) is 9.13. The summed E-state index contributed by atoms with van der Waals surface area (Å²) in [4.78, 5) is 24.6. The molecule has 5 heteroatoms. The highest BCUT2D eigenvalue weighted by Crippen LogP contribution is 2.60. The zero-order valence-corrected chi connectivity index (χ0v) is 15.9. The molecule has 0 heterocycles. The largest absolute Gasteiger partial charge is 0.463 e. The summed E-state index contributed by atoms with van der Waals surface area (Å²) >= 11 is 0. The number of nitrogens with one attached hydrogen (secondary N) is 1. The molecule has 25 heavy (non-hydrogen) atoms. The van der Waals surface area contributed by atoms with Crippen molar-refractivity contribution in [2.24, 2.45) is 28.6 Å². The molecule has 0 aromatic heterocycles. The average Bonchev–Trinajstić information content (AvgIpc) is 2.56. The van der Waals surface area contributed by atoms with E-state index >= 15 is 0 Å². The number of carbonyl (C=O) groups is 2. The van der Waals surface area contributed by atoms with Crippen LogP contribution in [0.2, 0.25) is 0 Å². The summed E-state index contributed by atoms with van der Waals surface area (Å²) in [6, 6.07) is 0. The molecule has 142 valence electrons. The number of hydrogen-bond donors (Lipinski definition) is 1. The van der Waals surface area contributed by atoms with Crippen LogP contribution in [-0.4, -0.2) is 31.8 Å². The highest BCUT2D eigenvalue weighted by molar-refractivity contribution is 5.83. The molecule has 5 nitrogen and oxygen atoms in total. The van der Waals surface area contributed by atoms with Gasteiger partial charge in [-0.05, 0) is 76.5 Å². The molecule has 4 fully saturated rings. The van der Waals surface area contributed by atoms with E-state index in [-0.39, 0.29) is 30.6 Å². The molecule has 0 aliphatic heterocycles. The van der Waals surface area contributed by atoms with Gasteiger partial charge in [0.15, 0.2) is 0 Å². The van der Waals surface area contributed by atoms with Gasteiger partial charge in [-0.15, -0.1) is 0 Å². The van der Waals surface area contributed by atoms with Crippen LogP contribution in [0.4, 0.5) is 0 Å². The quantitative estimate of drug-likeness (QED) is 0.414. The van der Waals surface area contributed by atoms with Gasteiger partial charge in [-0.2, -0.15) is 0 Å². The number of esters is 1. The number of carbonyl (C=O) groups excluding carboxylic acids is 2. The third-order valence-corrected chi connectivity index (χ3v) is 6.75. The van der Waals surface area contributed by atoms with Gasteiger partial charge in [-0.3, -0.25) is 9.59 Å². The molecule has 4 aliphatic rings. The average molecular weight is 351 g/mol. The molecule has 0 atom stereocenters. The normalized spacial score (nSPS) is 33.3. The maximum atomic E-state index is 12.7. The minimum atomic E-state index is -0.452. The second-order valence-corrected chi connectivity index (χ2v) is 9.13. The predicted molar refractivity (Wildman–Crippen MR) is 94.6 cm³/mol. The zero-order valence-electron chi connectivity index (χ0n) is 15.9. The Hall–Kier alpha value is -1.10. The van der Waals surface area contributed by atoms with Crippen molar-refractivity contribution in [2.45, 2.75) is 65.7 Å². The van der Waals surface area contributed by atoms with Crippen LogP contribution in [0.15, 0.2) is 0 Å². The van der Waals surface area contributed by atoms with Gasteiger partial charge in [0.1, 0.15) is 13.3 Å². The summed E-state index contributed by atoms with van der Waals surface area (Å²) < 4.78 is 10.7. The molecule has 1 amide bonds. The van der Waals surface area contributed by atoms with Crippen molar-refractivity contribution >= 4 is 11.9 Å². The first kappa shape index (κ1) is 18.7. The maximum Gasteiger partial charge on any atom is 0.311 e. The van der Waals surface area contributed by atoms with E-state index in [0.717, 1.165) is 43.4 Å². The van der Waals surface area contributed by atoms with Crippen molar-refractivity contribution in [3.8, 4) is 0 Å². The highest BCUT2D eigenvalue weighted by atomic mass is 16.6. The molecule has 1 N–H and O–H groups in total. The van der Waals surface area contributed by atoms with Gasteiger partial charge in [0.2, 0.25) is 5.91 Å². The Balaban J connectivity index is 1.34. The molecule has 4 rings (SSSR count). The van der Waals surface area contributed by atoms with E-state index in [4.69, 9.17) is 9.47 Å². The first-order valence-corrected chi connectivity index (χ1v) is 9.88. The fourth-order valence-electron chi connectivity index (χ4n) is 5.30. The van der Waals surface area contributed by atoms with E-state index in [1.54, 1.807) is 0 Å². The van der Waals surface area contributed by atoms with Gasteiger partial charge in [0, 0.05) is 0 Å². The van der Waals surface area contributed by atoms with E-state index in [2.05, 4.69) is 5.32 Å². The van der Waals surface area contributed by atoms with Crippen LogP contribution in [0.1, 0.15) is 65.7 Å². The van der Waals surface area contributed by atoms with Gasteiger partial charge < -0.3 is 14.8 Å². The fourth-order valence-corrected chi connectivity index (χ4v) is 5.30. The van der Waals surface area contributed by atoms with E-state index in [0.29, 0.717) is 6.61 Å². The topological polar surface area (TPSA) is 64.6 Å². The minimum absolute atomic E-state index is 0.129. The van der Waals surface area contributed by atoms with Crippen LogP contribution in [0.25, 0.3) is 0 Å². The summed E-state index contributed by atoms with van der Waals surface area (Å²) in [5.74, 6) is 2.27. The van der Waals surface area contributed by atoms with E-state index in [9.17, 15) is 9.59 Å². The molecule has 4 aliphatic carbocycles. The zero-order chi connectivity index (χ0) is 18.1. The minimum Gasteiger partial charge on any atom is -0.463 e. The number of amides is 1. The van der Waals surface area contributed by atoms with Crippen LogP contribution in [-0.2, 0) is 19.1 Å². The molecule has 4 bridgehead atoms. The first-order valence-electron chi connectivity index (χ1n) is 9.88. The van der Waals surface area contributed by atoms with Gasteiger partial charge >= 0.3 is 5.97 Å². The summed E-state index contributed by atoms with van der Waals surface area (Å²) in [5.41, 5.74) is -0.581. The monoisotopic (exact) mass is 351 g/mol. The molecular weight excluding hydrogens is 318 g/mol. The Morgan fingerprint density at radius 1 is 1.04 bits per heavy atom. The lowest BCUT2D eigenvalue weighted by Gasteiger charge is -2.55. The summed E-state index contributed by atoms with van der Waals surface area (Å²) in [7, 11) is 0. The fraction of sp³-hybridized carbons (Fsp3) is 0.900. The van der Waals surface area contributed by atoms with Crippen molar-refractivity contribution in [1.29, 1.82) is 0 Å². The number of rotatable bonds is 8. The van der Waals surface area contributed by atoms with Crippen molar-refractivity contribution in [2.75, 3.05) is 19.9 Å². The van der Waals surface area contributed by atoms with Gasteiger partial charge in [0.25, 0.3) is 0 Å². The van der Waals surface area contributed by atoms with Crippen molar-refractivity contribution < 1.29 is 19.1 Å². The Bertz CT molecular complexity index is 479. The van der Waals surface area contributed by atoms with Crippen molar-refractivity contribution in [3.05, 3.63) is 0 Å². The second kappa shape index (κ2) is 7.26. The van der Waals surface area contributed by atoms with Crippen LogP contribution < -0.4 is 5.32 Å². The van der Waals surface area contributed by atoms with Crippen LogP contribution in [0.3, 0.4) is 0 Å². The Kier molecular flexibility index (Phi) is 5.42. The number of hydrogen-bond acceptors (Lipinski definition) is 4. The lowest BCUT2D eigenvalue weighted by Crippen LogP contribution is -2.53. The molecule has 0 saturated heterocycles. The lowest BCUT2D eigenvalue weighted by atomic mass is 9.49. The molecule has 0 aromatic rings. The molecule has 0 radical (unpaired) electrons. The molecular formula is C20H33NO4. The maximum absolute atomic E-state index is 12.7. The summed E-state index contributed by atoms with van der Waals surface area (Å²) in [5, 5.41) is 2.97. The first-order chi connectivity index (χ1) is 11.8. The molecule has 0 spiro atoms. The number of ether oxygens (including phenoxy) is 2. The SMILES string of the molecule is CCC(C)(C)C(=O)OCCOCNC(=O)C12CC3CC(CC(C3)C1)C2. The Labute approximate surface area is 151 Å². The van der Waals surface area contributed by atoms with E-state index in [1.807, 2.05) is 20.8 Å². The van der Waals surface area contributed by atoms with E-state index in [1.165, 1.54) is 19.3 Å². The summed E-state index contributed by atoms with van der Waals surface area (Å²) in [6.07, 6.45) is 7.94.